The van der Waals surface area contributed by atoms with E-state index in [1.165, 1.54) is 0 Å². The lowest BCUT2D eigenvalue weighted by Gasteiger charge is -2.16. The summed E-state index contributed by atoms with van der Waals surface area (Å²) in [7, 11) is 1.59. The molecule has 0 radical (unpaired) electrons. The molecule has 3 nitrogen and oxygen atoms in total. The van der Waals surface area contributed by atoms with Crippen LogP contribution in [-0.4, -0.2) is 18.2 Å². The number of aliphatic carboxylic acids is 1. The largest absolute Gasteiger partial charge is 0.481 e. The second kappa shape index (κ2) is 4.07. The maximum atomic E-state index is 11.3. The summed E-state index contributed by atoms with van der Waals surface area (Å²) < 4.78 is 5.07. The molecule has 86 valence electrons. The Morgan fingerprint density at radius 1 is 1.56 bits per heavy atom. The Balaban J connectivity index is 2.50. The maximum absolute atomic E-state index is 11.3. The summed E-state index contributed by atoms with van der Waals surface area (Å²) in [6.07, 6.45) is 1.31. The molecule has 0 amide bonds. The number of carboxylic acid groups (broad SMARTS) is 1. The predicted molar refractivity (Wildman–Crippen MR) is 60.7 cm³/mol. The van der Waals surface area contributed by atoms with E-state index in [0.29, 0.717) is 24.5 Å². The number of hydrogen-bond acceptors (Lipinski definition) is 2. The molecular formula is C12H13ClO3. The summed E-state index contributed by atoms with van der Waals surface area (Å²) in [5.41, 5.74) is 0.826. The van der Waals surface area contributed by atoms with Gasteiger partial charge in [0, 0.05) is 12.1 Å². The third kappa shape index (κ3) is 1.70. The first-order valence-electron chi connectivity index (χ1n) is 5.12. The van der Waals surface area contributed by atoms with E-state index < -0.39 is 11.4 Å². The van der Waals surface area contributed by atoms with E-state index in [1.54, 1.807) is 13.2 Å². The predicted octanol–water partition coefficient (Wildman–Crippen LogP) is 2.60. The van der Waals surface area contributed by atoms with Gasteiger partial charge >= 0.3 is 5.97 Å². The lowest BCUT2D eigenvalue weighted by molar-refractivity contribution is -0.140. The summed E-state index contributed by atoms with van der Waals surface area (Å²) in [6.45, 7) is 0.394. The minimum atomic E-state index is -0.794. The molecule has 0 aliphatic heterocycles. The van der Waals surface area contributed by atoms with Crippen molar-refractivity contribution in [1.29, 1.82) is 0 Å². The zero-order valence-corrected chi connectivity index (χ0v) is 9.75. The van der Waals surface area contributed by atoms with Crippen LogP contribution in [0.4, 0.5) is 0 Å². The van der Waals surface area contributed by atoms with Gasteiger partial charge in [-0.25, -0.2) is 0 Å². The summed E-state index contributed by atoms with van der Waals surface area (Å²) in [5, 5.41) is 9.80. The van der Waals surface area contributed by atoms with E-state index in [1.807, 2.05) is 12.1 Å². The first-order valence-corrected chi connectivity index (χ1v) is 5.50. The van der Waals surface area contributed by atoms with Gasteiger partial charge in [0.15, 0.2) is 0 Å². The average Bonchev–Trinajstić information content (AvgIpc) is 2.99. The van der Waals surface area contributed by atoms with Crippen LogP contribution < -0.4 is 0 Å². The monoisotopic (exact) mass is 240 g/mol. The van der Waals surface area contributed by atoms with Gasteiger partial charge in [-0.3, -0.25) is 4.79 Å². The molecule has 0 heterocycles. The molecule has 16 heavy (non-hydrogen) atoms. The van der Waals surface area contributed by atoms with Crippen LogP contribution in [0.3, 0.4) is 0 Å². The highest BCUT2D eigenvalue weighted by Crippen LogP contribution is 2.52. The molecular weight excluding hydrogens is 228 g/mol. The lowest BCUT2D eigenvalue weighted by atomic mass is 9.91. The molecule has 0 atom stereocenters. The molecule has 0 aromatic heterocycles. The van der Waals surface area contributed by atoms with Gasteiger partial charge in [0.05, 0.1) is 12.0 Å². The number of hydrogen-bond donors (Lipinski definition) is 1. The molecule has 2 rings (SSSR count). The van der Waals surface area contributed by atoms with Crippen molar-refractivity contribution in [2.45, 2.75) is 24.9 Å². The van der Waals surface area contributed by atoms with Gasteiger partial charge in [-0.15, -0.1) is 0 Å². The third-order valence-corrected chi connectivity index (χ3v) is 3.35. The van der Waals surface area contributed by atoms with Gasteiger partial charge in [-0.2, -0.15) is 0 Å². The molecule has 1 N–H and O–H groups in total. The van der Waals surface area contributed by atoms with E-state index in [0.717, 1.165) is 11.1 Å². The minimum Gasteiger partial charge on any atom is -0.481 e. The first-order chi connectivity index (χ1) is 7.62. The number of methoxy groups -OCH3 is 1. The van der Waals surface area contributed by atoms with Crippen molar-refractivity contribution in [3.63, 3.8) is 0 Å². The van der Waals surface area contributed by atoms with Crippen molar-refractivity contribution in [2.75, 3.05) is 7.11 Å². The van der Waals surface area contributed by atoms with Gasteiger partial charge in [0.25, 0.3) is 0 Å². The molecule has 0 saturated heterocycles. The van der Waals surface area contributed by atoms with E-state index in [-0.39, 0.29) is 0 Å². The van der Waals surface area contributed by atoms with Gasteiger partial charge < -0.3 is 9.84 Å². The van der Waals surface area contributed by atoms with Gasteiger partial charge in [-0.05, 0) is 30.0 Å². The van der Waals surface area contributed by atoms with Crippen LogP contribution in [0.15, 0.2) is 18.2 Å². The van der Waals surface area contributed by atoms with Gasteiger partial charge in [-0.1, -0.05) is 23.7 Å². The van der Waals surface area contributed by atoms with E-state index >= 15 is 0 Å². The highest BCUT2D eigenvalue weighted by Gasteiger charge is 2.53. The molecule has 1 aromatic rings. The zero-order valence-electron chi connectivity index (χ0n) is 9.00. The van der Waals surface area contributed by atoms with Crippen LogP contribution in [0, 0.1) is 0 Å². The smallest absolute Gasteiger partial charge is 0.314 e. The Morgan fingerprint density at radius 3 is 2.75 bits per heavy atom. The van der Waals surface area contributed by atoms with Crippen molar-refractivity contribution < 1.29 is 14.6 Å². The molecule has 4 heteroatoms. The van der Waals surface area contributed by atoms with E-state index in [2.05, 4.69) is 0 Å². The summed E-state index contributed by atoms with van der Waals surface area (Å²) in [6, 6.07) is 5.42. The molecule has 1 aliphatic rings. The molecule has 0 bridgehead atoms. The number of carbonyl (C=O) groups is 1. The fourth-order valence-electron chi connectivity index (χ4n) is 2.08. The molecule has 1 aromatic carbocycles. The number of benzene rings is 1. The van der Waals surface area contributed by atoms with Crippen LogP contribution in [0.5, 0.6) is 0 Å². The molecule has 0 spiro atoms. The Hall–Kier alpha value is -1.06. The third-order valence-electron chi connectivity index (χ3n) is 3.04. The van der Waals surface area contributed by atoms with Crippen LogP contribution in [0.1, 0.15) is 24.0 Å². The summed E-state index contributed by atoms with van der Waals surface area (Å²) >= 11 is 6.11. The van der Waals surface area contributed by atoms with Gasteiger partial charge in [0.1, 0.15) is 0 Å². The Bertz CT molecular complexity index is 424. The maximum Gasteiger partial charge on any atom is 0.314 e. The zero-order chi connectivity index (χ0) is 11.8. The van der Waals surface area contributed by atoms with Gasteiger partial charge in [0.2, 0.25) is 0 Å². The van der Waals surface area contributed by atoms with Crippen molar-refractivity contribution in [1.82, 2.24) is 0 Å². The summed E-state index contributed by atoms with van der Waals surface area (Å²) in [4.78, 5) is 11.3. The Kier molecular flexibility index (Phi) is 2.91. The van der Waals surface area contributed by atoms with Crippen LogP contribution >= 0.6 is 11.6 Å². The standard InChI is InChI=1S/C12H13ClO3/c1-16-7-8-3-2-4-9(13)10(8)12(5-6-12)11(14)15/h2-4H,5-7H2,1H3,(H,14,15). The average molecular weight is 241 g/mol. The van der Waals surface area contributed by atoms with Crippen molar-refractivity contribution >= 4 is 17.6 Å². The topological polar surface area (TPSA) is 46.5 Å². The number of halogens is 1. The Morgan fingerprint density at radius 2 is 2.25 bits per heavy atom. The normalized spacial score (nSPS) is 17.1. The highest BCUT2D eigenvalue weighted by atomic mass is 35.5. The highest BCUT2D eigenvalue weighted by molar-refractivity contribution is 6.32. The van der Waals surface area contributed by atoms with E-state index in [4.69, 9.17) is 16.3 Å². The van der Waals surface area contributed by atoms with Crippen LogP contribution in [0.2, 0.25) is 5.02 Å². The fraction of sp³-hybridized carbons (Fsp3) is 0.417. The number of carboxylic acids is 1. The van der Waals surface area contributed by atoms with Crippen molar-refractivity contribution in [3.05, 3.63) is 34.3 Å². The number of ether oxygens (including phenoxy) is 1. The fourth-order valence-corrected chi connectivity index (χ4v) is 2.45. The molecule has 1 fully saturated rings. The summed E-state index contributed by atoms with van der Waals surface area (Å²) in [5.74, 6) is -0.794. The first kappa shape index (κ1) is 11.4. The Labute approximate surface area is 99.0 Å². The van der Waals surface area contributed by atoms with Crippen molar-refractivity contribution in [3.8, 4) is 0 Å². The van der Waals surface area contributed by atoms with E-state index in [9.17, 15) is 9.90 Å². The molecule has 0 unspecified atom stereocenters. The molecule has 1 aliphatic carbocycles. The quantitative estimate of drug-likeness (QED) is 0.880. The number of rotatable bonds is 4. The minimum absolute atomic E-state index is 0.394. The SMILES string of the molecule is COCc1cccc(Cl)c1C1(C(=O)O)CC1. The second-order valence-corrected chi connectivity index (χ2v) is 4.50. The van der Waals surface area contributed by atoms with Crippen LogP contribution in [0.25, 0.3) is 0 Å². The second-order valence-electron chi connectivity index (χ2n) is 4.09. The van der Waals surface area contributed by atoms with Crippen LogP contribution in [-0.2, 0) is 21.6 Å². The van der Waals surface area contributed by atoms with Crippen molar-refractivity contribution in [2.24, 2.45) is 0 Å². The lowest BCUT2D eigenvalue weighted by Crippen LogP contribution is -2.22. The molecule has 1 saturated carbocycles.